The molecule has 0 heterocycles. The Balaban J connectivity index is 2.14. The van der Waals surface area contributed by atoms with Crippen molar-refractivity contribution in [3.05, 3.63) is 67.8 Å². The van der Waals surface area contributed by atoms with Gasteiger partial charge in [-0.05, 0) is 26.0 Å². The van der Waals surface area contributed by atoms with Crippen molar-refractivity contribution in [1.82, 2.24) is 0 Å². The lowest BCUT2D eigenvalue weighted by Crippen LogP contribution is -2.21. The molecule has 0 amide bonds. The molecule has 10 heteroatoms. The molecule has 2 aromatic carbocycles. The first kappa shape index (κ1) is 20.5. The molecule has 2 rings (SSSR count). The van der Waals surface area contributed by atoms with Gasteiger partial charge in [-0.25, -0.2) is 0 Å². The predicted molar refractivity (Wildman–Crippen MR) is 104 cm³/mol. The Kier molecular flexibility index (Phi) is 6.04. The van der Waals surface area contributed by atoms with Gasteiger partial charge in [-0.2, -0.15) is 0 Å². The van der Waals surface area contributed by atoms with E-state index in [-0.39, 0.29) is 40.5 Å². The quantitative estimate of drug-likeness (QED) is 0.423. The third-order valence-corrected chi connectivity index (χ3v) is 3.71. The van der Waals surface area contributed by atoms with Gasteiger partial charge in [0, 0.05) is 47.8 Å². The first-order chi connectivity index (χ1) is 13.1. The van der Waals surface area contributed by atoms with Crippen LogP contribution in [0.3, 0.4) is 0 Å². The molecule has 0 atom stereocenters. The Bertz CT molecular complexity index is 969. The van der Waals surface area contributed by atoms with Crippen LogP contribution in [0.4, 0.5) is 11.4 Å². The highest BCUT2D eigenvalue weighted by Gasteiger charge is 2.16. The minimum atomic E-state index is -0.732. The number of phenols is 2. The molecule has 0 saturated heterocycles. The van der Waals surface area contributed by atoms with Crippen molar-refractivity contribution in [2.75, 3.05) is 6.54 Å². The molecule has 0 aliphatic rings. The van der Waals surface area contributed by atoms with Crippen LogP contribution in [0.15, 0.2) is 46.4 Å². The van der Waals surface area contributed by atoms with E-state index in [1.807, 2.05) is 0 Å². The number of aromatic hydroxyl groups is 2. The van der Waals surface area contributed by atoms with Crippen LogP contribution in [-0.2, 0) is 0 Å². The second kappa shape index (κ2) is 8.25. The third-order valence-electron chi connectivity index (χ3n) is 3.71. The molecule has 146 valence electrons. The zero-order chi connectivity index (χ0) is 20.9. The van der Waals surface area contributed by atoms with Crippen LogP contribution >= 0.6 is 0 Å². The highest BCUT2D eigenvalue weighted by Crippen LogP contribution is 2.23. The van der Waals surface area contributed by atoms with Gasteiger partial charge in [0.25, 0.3) is 11.4 Å². The number of phenolic OH excluding ortho intramolecular Hbond substituents is 2. The SMILES string of the molecule is CC(C)(CN=Cc1cc([N+](=O)[O-])ccc1O)N=Cc1cc([N+](=O)[O-])ccc1O. The van der Waals surface area contributed by atoms with E-state index < -0.39 is 15.4 Å². The van der Waals surface area contributed by atoms with Crippen molar-refractivity contribution in [3.63, 3.8) is 0 Å². The Labute approximate surface area is 159 Å². The highest BCUT2D eigenvalue weighted by atomic mass is 16.6. The summed E-state index contributed by atoms with van der Waals surface area (Å²) in [7, 11) is 0. The van der Waals surface area contributed by atoms with E-state index >= 15 is 0 Å². The molecule has 0 aromatic heterocycles. The molecule has 28 heavy (non-hydrogen) atoms. The Morgan fingerprint density at radius 3 is 1.86 bits per heavy atom. The summed E-state index contributed by atoms with van der Waals surface area (Å²) in [6.45, 7) is 3.67. The average Bonchev–Trinajstić information content (AvgIpc) is 2.62. The summed E-state index contributed by atoms with van der Waals surface area (Å²) in [4.78, 5) is 29.0. The van der Waals surface area contributed by atoms with Gasteiger partial charge in [0.15, 0.2) is 0 Å². The van der Waals surface area contributed by atoms with Crippen molar-refractivity contribution in [2.45, 2.75) is 19.4 Å². The number of benzene rings is 2. The van der Waals surface area contributed by atoms with Crippen molar-refractivity contribution < 1.29 is 20.1 Å². The monoisotopic (exact) mass is 386 g/mol. The van der Waals surface area contributed by atoms with Crippen LogP contribution in [0.5, 0.6) is 11.5 Å². The molecule has 0 saturated carbocycles. The summed E-state index contributed by atoms with van der Waals surface area (Å²) in [5.41, 5.74) is -0.675. The second-order valence-corrected chi connectivity index (χ2v) is 6.54. The van der Waals surface area contributed by atoms with Gasteiger partial charge in [0.1, 0.15) is 11.5 Å². The third kappa shape index (κ3) is 5.34. The van der Waals surface area contributed by atoms with E-state index in [2.05, 4.69) is 9.98 Å². The van der Waals surface area contributed by atoms with Crippen LogP contribution in [0.1, 0.15) is 25.0 Å². The maximum atomic E-state index is 10.8. The number of hydrogen-bond acceptors (Lipinski definition) is 8. The fourth-order valence-electron chi connectivity index (χ4n) is 2.17. The van der Waals surface area contributed by atoms with E-state index in [0.29, 0.717) is 0 Å². The normalized spacial score (nSPS) is 11.9. The van der Waals surface area contributed by atoms with E-state index in [1.54, 1.807) is 13.8 Å². The number of non-ortho nitro benzene ring substituents is 2. The van der Waals surface area contributed by atoms with Crippen LogP contribution in [0.2, 0.25) is 0 Å². The zero-order valence-corrected chi connectivity index (χ0v) is 15.1. The molecular weight excluding hydrogens is 368 g/mol. The van der Waals surface area contributed by atoms with Crippen molar-refractivity contribution in [2.24, 2.45) is 9.98 Å². The zero-order valence-electron chi connectivity index (χ0n) is 15.1. The van der Waals surface area contributed by atoms with Crippen LogP contribution in [0.25, 0.3) is 0 Å². The van der Waals surface area contributed by atoms with Crippen LogP contribution in [0, 0.1) is 20.2 Å². The van der Waals surface area contributed by atoms with E-state index in [1.165, 1.54) is 48.8 Å². The highest BCUT2D eigenvalue weighted by molar-refractivity contribution is 5.85. The van der Waals surface area contributed by atoms with Crippen molar-refractivity contribution in [3.8, 4) is 11.5 Å². The lowest BCUT2D eigenvalue weighted by atomic mass is 10.1. The fourth-order valence-corrected chi connectivity index (χ4v) is 2.17. The number of hydrogen-bond donors (Lipinski definition) is 2. The molecule has 0 aliphatic carbocycles. The molecule has 2 N–H and O–H groups in total. The lowest BCUT2D eigenvalue weighted by Gasteiger charge is -2.16. The molecule has 0 spiro atoms. The van der Waals surface area contributed by atoms with Crippen LogP contribution in [-0.4, -0.2) is 44.6 Å². The van der Waals surface area contributed by atoms with Crippen LogP contribution < -0.4 is 0 Å². The summed E-state index contributed by atoms with van der Waals surface area (Å²) in [5, 5.41) is 41.2. The van der Waals surface area contributed by atoms with Gasteiger partial charge < -0.3 is 10.2 Å². The molecule has 10 nitrogen and oxygen atoms in total. The van der Waals surface area contributed by atoms with E-state index in [4.69, 9.17) is 0 Å². The summed E-state index contributed by atoms with van der Waals surface area (Å²) < 4.78 is 0. The summed E-state index contributed by atoms with van der Waals surface area (Å²) in [6.07, 6.45) is 2.63. The van der Waals surface area contributed by atoms with Gasteiger partial charge in [0.05, 0.1) is 21.9 Å². The summed E-state index contributed by atoms with van der Waals surface area (Å²) in [6, 6.07) is 7.22. The number of nitrogens with zero attached hydrogens (tertiary/aromatic N) is 4. The largest absolute Gasteiger partial charge is 0.507 e. The Morgan fingerprint density at radius 2 is 1.39 bits per heavy atom. The van der Waals surface area contributed by atoms with Gasteiger partial charge in [-0.15, -0.1) is 0 Å². The fraction of sp³-hybridized carbons (Fsp3) is 0.222. The number of nitro benzene ring substituents is 2. The van der Waals surface area contributed by atoms with Gasteiger partial charge in [0.2, 0.25) is 0 Å². The first-order valence-corrected chi connectivity index (χ1v) is 8.09. The topological polar surface area (TPSA) is 151 Å². The number of aliphatic imine (C=N–C) groups is 2. The summed E-state index contributed by atoms with van der Waals surface area (Å²) >= 11 is 0. The maximum absolute atomic E-state index is 10.8. The molecule has 0 aliphatic heterocycles. The molecule has 0 radical (unpaired) electrons. The van der Waals surface area contributed by atoms with E-state index in [9.17, 15) is 30.4 Å². The van der Waals surface area contributed by atoms with Gasteiger partial charge >= 0.3 is 0 Å². The maximum Gasteiger partial charge on any atom is 0.270 e. The standard InChI is InChI=1S/C18H18N4O6/c1-18(2,20-10-13-8-15(22(27)28)4-6-17(13)24)11-19-9-12-7-14(21(25)26)3-5-16(12)23/h3-10,23-24H,11H2,1-2H3. The molecule has 0 fully saturated rings. The van der Waals surface area contributed by atoms with E-state index in [0.717, 1.165) is 0 Å². The van der Waals surface area contributed by atoms with Crippen molar-refractivity contribution in [1.29, 1.82) is 0 Å². The minimum absolute atomic E-state index is 0.142. The Hall–Kier alpha value is -3.82. The molecular formula is C18H18N4O6. The van der Waals surface area contributed by atoms with Crippen molar-refractivity contribution >= 4 is 23.8 Å². The lowest BCUT2D eigenvalue weighted by molar-refractivity contribution is -0.385. The minimum Gasteiger partial charge on any atom is -0.507 e. The Morgan fingerprint density at radius 1 is 0.929 bits per heavy atom. The molecule has 0 unspecified atom stereocenters. The average molecular weight is 386 g/mol. The molecule has 0 bridgehead atoms. The second-order valence-electron chi connectivity index (χ2n) is 6.54. The number of rotatable bonds is 7. The predicted octanol–water partition coefficient (Wildman–Crippen LogP) is 3.23. The van der Waals surface area contributed by atoms with Gasteiger partial charge in [-0.3, -0.25) is 30.2 Å². The first-order valence-electron chi connectivity index (χ1n) is 8.09. The van der Waals surface area contributed by atoms with Gasteiger partial charge in [-0.1, -0.05) is 0 Å². The number of nitro groups is 2. The summed E-state index contributed by atoms with van der Waals surface area (Å²) in [5.74, 6) is -0.285. The molecule has 2 aromatic rings. The smallest absolute Gasteiger partial charge is 0.270 e.